The predicted octanol–water partition coefficient (Wildman–Crippen LogP) is 2.67. The summed E-state index contributed by atoms with van der Waals surface area (Å²) >= 11 is 1.64. The number of aliphatic hydroxyl groups excluding tert-OH is 1. The lowest BCUT2D eigenvalue weighted by Crippen LogP contribution is -2.39. The van der Waals surface area contributed by atoms with E-state index in [1.165, 1.54) is 12.8 Å². The Morgan fingerprint density at radius 1 is 1.27 bits per heavy atom. The number of ether oxygens (including phenoxy) is 4. The quantitative estimate of drug-likeness (QED) is 0.434. The van der Waals surface area contributed by atoms with Gasteiger partial charge in [0.25, 0.3) is 5.91 Å². The van der Waals surface area contributed by atoms with Crippen LogP contribution in [0.25, 0.3) is 0 Å². The van der Waals surface area contributed by atoms with E-state index < -0.39 is 6.29 Å². The largest absolute Gasteiger partial charge is 0.459 e. The first-order chi connectivity index (χ1) is 14.7. The van der Waals surface area contributed by atoms with Crippen LogP contribution in [-0.2, 0) is 23.7 Å². The van der Waals surface area contributed by atoms with Crippen molar-refractivity contribution < 1.29 is 28.8 Å². The topological polar surface area (TPSA) is 86.3 Å². The predicted molar refractivity (Wildman–Crippen MR) is 114 cm³/mol. The average Bonchev–Trinajstić information content (AvgIpc) is 3.43. The van der Waals surface area contributed by atoms with Crippen LogP contribution < -0.4 is 5.32 Å². The zero-order chi connectivity index (χ0) is 21.2. The number of amides is 1. The van der Waals surface area contributed by atoms with Gasteiger partial charge < -0.3 is 29.4 Å². The van der Waals surface area contributed by atoms with Crippen molar-refractivity contribution >= 4 is 17.2 Å². The lowest BCUT2D eigenvalue weighted by atomic mass is 9.82. The average molecular weight is 440 g/mol. The van der Waals surface area contributed by atoms with Crippen LogP contribution in [0.4, 0.5) is 0 Å². The van der Waals surface area contributed by atoms with Crippen LogP contribution in [-0.4, -0.2) is 63.5 Å². The van der Waals surface area contributed by atoms with Gasteiger partial charge in [-0.3, -0.25) is 4.79 Å². The highest BCUT2D eigenvalue weighted by Gasteiger charge is 2.38. The SMILES string of the molecule is CCO[C@H]1OC(C(=O)NCC2CC2)=C[C@@H](c2ccsc2)[C@@H]1CCOCCOCCO. The van der Waals surface area contributed by atoms with Crippen LogP contribution in [0.3, 0.4) is 0 Å². The van der Waals surface area contributed by atoms with Crippen molar-refractivity contribution in [1.82, 2.24) is 5.32 Å². The molecule has 2 aliphatic rings. The maximum atomic E-state index is 12.7. The zero-order valence-corrected chi connectivity index (χ0v) is 18.4. The smallest absolute Gasteiger partial charge is 0.286 e. The normalized spacial score (nSPS) is 23.7. The van der Waals surface area contributed by atoms with Crippen molar-refractivity contribution in [2.75, 3.05) is 46.2 Å². The van der Waals surface area contributed by atoms with E-state index in [9.17, 15) is 4.79 Å². The van der Waals surface area contributed by atoms with Gasteiger partial charge in [0.05, 0.1) is 26.4 Å². The molecule has 0 unspecified atom stereocenters. The van der Waals surface area contributed by atoms with E-state index in [1.54, 1.807) is 11.3 Å². The van der Waals surface area contributed by atoms with Crippen LogP contribution in [0.2, 0.25) is 0 Å². The molecule has 7 nitrogen and oxygen atoms in total. The second kappa shape index (κ2) is 12.4. The minimum atomic E-state index is -0.499. The first-order valence-electron chi connectivity index (χ1n) is 10.8. The van der Waals surface area contributed by atoms with E-state index in [0.717, 1.165) is 12.0 Å². The molecule has 30 heavy (non-hydrogen) atoms. The molecule has 1 aromatic rings. The van der Waals surface area contributed by atoms with Gasteiger partial charge >= 0.3 is 0 Å². The number of allylic oxidation sites excluding steroid dienone is 1. The van der Waals surface area contributed by atoms with E-state index in [1.807, 2.05) is 18.4 Å². The van der Waals surface area contributed by atoms with E-state index in [4.69, 9.17) is 24.1 Å². The van der Waals surface area contributed by atoms with Crippen molar-refractivity contribution in [1.29, 1.82) is 0 Å². The molecule has 3 rings (SSSR count). The van der Waals surface area contributed by atoms with Gasteiger partial charge in [0.1, 0.15) is 0 Å². The van der Waals surface area contributed by atoms with Crippen LogP contribution in [0.5, 0.6) is 0 Å². The molecule has 0 aromatic carbocycles. The van der Waals surface area contributed by atoms with Gasteiger partial charge in [0.15, 0.2) is 5.76 Å². The number of carbonyl (C=O) groups is 1. The Morgan fingerprint density at radius 3 is 2.73 bits per heavy atom. The molecule has 168 valence electrons. The monoisotopic (exact) mass is 439 g/mol. The molecule has 8 heteroatoms. The summed E-state index contributed by atoms with van der Waals surface area (Å²) in [7, 11) is 0. The lowest BCUT2D eigenvalue weighted by molar-refractivity contribution is -0.168. The molecule has 1 amide bonds. The van der Waals surface area contributed by atoms with Crippen LogP contribution in [0.1, 0.15) is 37.7 Å². The van der Waals surface area contributed by atoms with Crippen molar-refractivity contribution in [3.8, 4) is 0 Å². The number of rotatable bonds is 14. The van der Waals surface area contributed by atoms with Crippen LogP contribution >= 0.6 is 11.3 Å². The fourth-order valence-electron chi connectivity index (χ4n) is 3.53. The summed E-state index contributed by atoms with van der Waals surface area (Å²) in [6.07, 6.45) is 4.55. The summed E-state index contributed by atoms with van der Waals surface area (Å²) in [5, 5.41) is 15.9. The molecular formula is C22H33NO6S. The fourth-order valence-corrected chi connectivity index (χ4v) is 4.24. The van der Waals surface area contributed by atoms with Crippen molar-refractivity contribution in [3.05, 3.63) is 34.2 Å². The molecule has 1 aliphatic carbocycles. The molecule has 0 saturated heterocycles. The first kappa shape index (κ1) is 23.2. The van der Waals surface area contributed by atoms with Gasteiger partial charge in [0.2, 0.25) is 6.29 Å². The van der Waals surface area contributed by atoms with Gasteiger partial charge in [-0.25, -0.2) is 0 Å². The molecule has 1 saturated carbocycles. The number of carbonyl (C=O) groups excluding carboxylic acids is 1. The Hall–Kier alpha value is -1.45. The van der Waals surface area contributed by atoms with Crippen LogP contribution in [0.15, 0.2) is 28.7 Å². The van der Waals surface area contributed by atoms with Crippen LogP contribution in [0, 0.1) is 11.8 Å². The maximum Gasteiger partial charge on any atom is 0.286 e. The number of aliphatic hydroxyl groups is 1. The third kappa shape index (κ3) is 7.06. The summed E-state index contributed by atoms with van der Waals surface area (Å²) in [6, 6.07) is 2.09. The first-order valence-corrected chi connectivity index (χ1v) is 11.7. The van der Waals surface area contributed by atoms with Gasteiger partial charge in [-0.15, -0.1) is 0 Å². The molecule has 0 bridgehead atoms. The zero-order valence-electron chi connectivity index (χ0n) is 17.6. The second-order valence-corrected chi connectivity index (χ2v) is 8.39. The summed E-state index contributed by atoms with van der Waals surface area (Å²) < 4.78 is 22.8. The molecule has 1 aliphatic heterocycles. The molecule has 2 heterocycles. The summed E-state index contributed by atoms with van der Waals surface area (Å²) in [6.45, 7) is 4.94. The summed E-state index contributed by atoms with van der Waals surface area (Å²) in [4.78, 5) is 12.7. The number of hydrogen-bond acceptors (Lipinski definition) is 7. The molecule has 3 atom stereocenters. The highest BCUT2D eigenvalue weighted by atomic mass is 32.1. The Balaban J connectivity index is 1.64. The molecule has 1 fully saturated rings. The Kier molecular flexibility index (Phi) is 9.61. The van der Waals surface area contributed by atoms with Crippen molar-refractivity contribution in [2.45, 2.75) is 38.4 Å². The summed E-state index contributed by atoms with van der Waals surface area (Å²) in [5.41, 5.74) is 1.16. The molecule has 1 aromatic heterocycles. The van der Waals surface area contributed by atoms with E-state index in [-0.39, 0.29) is 24.3 Å². The lowest BCUT2D eigenvalue weighted by Gasteiger charge is -2.36. The van der Waals surface area contributed by atoms with Gasteiger partial charge in [0, 0.05) is 31.6 Å². The molecular weight excluding hydrogens is 406 g/mol. The molecule has 2 N–H and O–H groups in total. The highest BCUT2D eigenvalue weighted by Crippen LogP contribution is 2.39. The number of thiophene rings is 1. The standard InChI is InChI=1S/C22H33NO6S/c1-2-28-22-18(5-8-26-10-11-27-9-7-24)19(17-6-12-30-15-17)13-20(29-22)21(25)23-14-16-3-4-16/h6,12-13,15-16,18-19,22,24H,2-5,7-11,14H2,1H3,(H,23,25)/t18-,19-,22-/m0/s1. The maximum absolute atomic E-state index is 12.7. The Labute approximate surface area is 182 Å². The van der Waals surface area contributed by atoms with Gasteiger partial charge in [-0.1, -0.05) is 0 Å². The minimum absolute atomic E-state index is 0.0146. The summed E-state index contributed by atoms with van der Waals surface area (Å²) in [5.74, 6) is 0.859. The van der Waals surface area contributed by atoms with Gasteiger partial charge in [-0.05, 0) is 60.6 Å². The van der Waals surface area contributed by atoms with E-state index >= 15 is 0 Å². The van der Waals surface area contributed by atoms with Gasteiger partial charge in [-0.2, -0.15) is 11.3 Å². The highest BCUT2D eigenvalue weighted by molar-refractivity contribution is 7.08. The van der Waals surface area contributed by atoms with E-state index in [0.29, 0.717) is 51.3 Å². The van der Waals surface area contributed by atoms with Crippen molar-refractivity contribution in [2.24, 2.45) is 11.8 Å². The molecule has 0 spiro atoms. The van der Waals surface area contributed by atoms with E-state index in [2.05, 4.69) is 16.8 Å². The Bertz CT molecular complexity index is 661. The third-order valence-electron chi connectivity index (χ3n) is 5.32. The minimum Gasteiger partial charge on any atom is -0.459 e. The second-order valence-electron chi connectivity index (χ2n) is 7.61. The Morgan fingerprint density at radius 2 is 2.07 bits per heavy atom. The third-order valence-corrected chi connectivity index (χ3v) is 6.02. The van der Waals surface area contributed by atoms with Crippen molar-refractivity contribution in [3.63, 3.8) is 0 Å². The number of nitrogens with one attached hydrogen (secondary N) is 1. The molecule has 0 radical (unpaired) electrons. The fraction of sp³-hybridized carbons (Fsp3) is 0.682. The number of hydrogen-bond donors (Lipinski definition) is 2.